The monoisotopic (exact) mass is 460 g/mol. The van der Waals surface area contributed by atoms with Gasteiger partial charge in [-0.05, 0) is 49.1 Å². The molecule has 2 aromatic carbocycles. The number of carbonyl (C=O) groups is 2. The average Bonchev–Trinajstić information content (AvgIpc) is 3.25. The molecule has 0 aromatic heterocycles. The summed E-state index contributed by atoms with van der Waals surface area (Å²) in [5, 5.41) is 2.78. The van der Waals surface area contributed by atoms with Gasteiger partial charge in [-0.2, -0.15) is 0 Å². The lowest BCUT2D eigenvalue weighted by molar-refractivity contribution is -0.125. The van der Waals surface area contributed by atoms with Gasteiger partial charge in [-0.15, -0.1) is 0 Å². The molecule has 1 amide bonds. The van der Waals surface area contributed by atoms with E-state index in [1.807, 2.05) is 26.0 Å². The Kier molecular flexibility index (Phi) is 7.40. The number of ether oxygens (including phenoxy) is 2. The fourth-order valence-corrected chi connectivity index (χ4v) is 5.19. The van der Waals surface area contributed by atoms with Crippen molar-refractivity contribution >= 4 is 27.6 Å². The van der Waals surface area contributed by atoms with Gasteiger partial charge in [0, 0.05) is 12.6 Å². The van der Waals surface area contributed by atoms with Crippen LogP contribution in [-0.2, 0) is 26.0 Å². The van der Waals surface area contributed by atoms with Gasteiger partial charge in [-0.25, -0.2) is 13.2 Å². The molecule has 2 aromatic rings. The second-order valence-electron chi connectivity index (χ2n) is 7.48. The summed E-state index contributed by atoms with van der Waals surface area (Å²) in [6, 6.07) is 11.4. The first-order chi connectivity index (χ1) is 15.3. The van der Waals surface area contributed by atoms with Crippen molar-refractivity contribution in [3.8, 4) is 5.75 Å². The van der Waals surface area contributed by atoms with E-state index in [1.54, 1.807) is 12.1 Å². The molecule has 0 bridgehead atoms. The highest BCUT2D eigenvalue weighted by Gasteiger charge is 2.32. The first-order valence-corrected chi connectivity index (χ1v) is 12.0. The van der Waals surface area contributed by atoms with Crippen LogP contribution in [0, 0.1) is 0 Å². The molecule has 0 saturated heterocycles. The Morgan fingerprint density at radius 1 is 1.12 bits per heavy atom. The van der Waals surface area contributed by atoms with Crippen LogP contribution in [0.4, 0.5) is 5.69 Å². The van der Waals surface area contributed by atoms with E-state index >= 15 is 0 Å². The number of esters is 1. The van der Waals surface area contributed by atoms with Crippen molar-refractivity contribution in [2.75, 3.05) is 24.6 Å². The Balaban J connectivity index is 1.81. The van der Waals surface area contributed by atoms with Crippen LogP contribution in [0.15, 0.2) is 47.4 Å². The third-order valence-electron chi connectivity index (χ3n) is 5.51. The molecule has 0 saturated carbocycles. The molecule has 0 radical (unpaired) electrons. The first kappa shape index (κ1) is 23.6. The summed E-state index contributed by atoms with van der Waals surface area (Å²) in [4.78, 5) is 24.7. The van der Waals surface area contributed by atoms with E-state index < -0.39 is 28.5 Å². The maximum Gasteiger partial charge on any atom is 0.342 e. The highest BCUT2D eigenvalue weighted by Crippen LogP contribution is 2.34. The van der Waals surface area contributed by atoms with Gasteiger partial charge in [0.15, 0.2) is 6.61 Å². The van der Waals surface area contributed by atoms with Gasteiger partial charge in [0.2, 0.25) is 0 Å². The topological polar surface area (TPSA) is 102 Å². The van der Waals surface area contributed by atoms with Crippen LogP contribution in [0.5, 0.6) is 5.75 Å². The molecule has 8 nitrogen and oxygen atoms in total. The Morgan fingerprint density at radius 3 is 2.53 bits per heavy atom. The second-order valence-corrected chi connectivity index (χ2v) is 9.34. The van der Waals surface area contributed by atoms with Gasteiger partial charge < -0.3 is 14.8 Å². The predicted molar refractivity (Wildman–Crippen MR) is 120 cm³/mol. The largest absolute Gasteiger partial charge is 0.496 e. The number of para-hydroxylation sites is 1. The van der Waals surface area contributed by atoms with Crippen molar-refractivity contribution in [1.29, 1.82) is 0 Å². The standard InChI is InChI=1S/C23H28N2O6S/c1-4-17(5-2)24-22(26)15-31-23(27)19-14-18(10-11-21(19)30-3)32(28,29)25-13-12-16-8-6-7-9-20(16)25/h6-11,14,17H,4-5,12-13,15H2,1-3H3,(H,24,26). The summed E-state index contributed by atoms with van der Waals surface area (Å²) in [5.41, 5.74) is 1.52. The zero-order valence-electron chi connectivity index (χ0n) is 18.5. The number of sulfonamides is 1. The van der Waals surface area contributed by atoms with Crippen molar-refractivity contribution in [1.82, 2.24) is 5.32 Å². The third-order valence-corrected chi connectivity index (χ3v) is 7.32. The van der Waals surface area contributed by atoms with Crippen LogP contribution in [-0.4, -0.2) is 46.6 Å². The molecule has 1 heterocycles. The summed E-state index contributed by atoms with van der Waals surface area (Å²) in [6.07, 6.45) is 2.15. The van der Waals surface area contributed by atoms with Gasteiger partial charge in [0.1, 0.15) is 11.3 Å². The molecule has 0 atom stereocenters. The molecule has 32 heavy (non-hydrogen) atoms. The predicted octanol–water partition coefficient (Wildman–Crippen LogP) is 2.91. The van der Waals surface area contributed by atoms with Crippen LogP contribution in [0.25, 0.3) is 0 Å². The van der Waals surface area contributed by atoms with E-state index in [2.05, 4.69) is 5.32 Å². The zero-order chi connectivity index (χ0) is 23.3. The number of hydrogen-bond acceptors (Lipinski definition) is 6. The van der Waals surface area contributed by atoms with Crippen LogP contribution in [0.3, 0.4) is 0 Å². The van der Waals surface area contributed by atoms with Crippen LogP contribution in [0.2, 0.25) is 0 Å². The van der Waals surface area contributed by atoms with E-state index in [4.69, 9.17) is 9.47 Å². The van der Waals surface area contributed by atoms with Crippen molar-refractivity contribution in [2.24, 2.45) is 0 Å². The van der Waals surface area contributed by atoms with Gasteiger partial charge >= 0.3 is 5.97 Å². The molecule has 172 valence electrons. The van der Waals surface area contributed by atoms with Gasteiger partial charge in [0.05, 0.1) is 17.7 Å². The van der Waals surface area contributed by atoms with Crippen molar-refractivity contribution in [2.45, 2.75) is 44.0 Å². The number of anilines is 1. The van der Waals surface area contributed by atoms with Crippen LogP contribution >= 0.6 is 0 Å². The molecule has 0 unspecified atom stereocenters. The average molecular weight is 461 g/mol. The molecule has 1 aliphatic heterocycles. The van der Waals surface area contributed by atoms with E-state index in [0.717, 1.165) is 18.4 Å². The van der Waals surface area contributed by atoms with Gasteiger partial charge in [-0.1, -0.05) is 32.0 Å². The Hall–Kier alpha value is -3.07. The SMILES string of the molecule is CCC(CC)NC(=O)COC(=O)c1cc(S(=O)(=O)N2CCc3ccccc32)ccc1OC. The summed E-state index contributed by atoms with van der Waals surface area (Å²) >= 11 is 0. The van der Waals surface area contributed by atoms with E-state index in [0.29, 0.717) is 18.7 Å². The number of hydrogen-bond donors (Lipinski definition) is 1. The van der Waals surface area contributed by atoms with Gasteiger partial charge in [0.25, 0.3) is 15.9 Å². The quantitative estimate of drug-likeness (QED) is 0.578. The fourth-order valence-electron chi connectivity index (χ4n) is 3.66. The lowest BCUT2D eigenvalue weighted by Gasteiger charge is -2.20. The van der Waals surface area contributed by atoms with Crippen molar-refractivity contribution in [3.63, 3.8) is 0 Å². The summed E-state index contributed by atoms with van der Waals surface area (Å²) in [5.74, 6) is -1.08. The molecular weight excluding hydrogens is 432 g/mol. The highest BCUT2D eigenvalue weighted by molar-refractivity contribution is 7.92. The zero-order valence-corrected chi connectivity index (χ0v) is 19.3. The number of fused-ring (bicyclic) bond motifs is 1. The fraction of sp³-hybridized carbons (Fsp3) is 0.391. The minimum atomic E-state index is -3.90. The van der Waals surface area contributed by atoms with Crippen molar-refractivity contribution in [3.05, 3.63) is 53.6 Å². The second kappa shape index (κ2) is 10.0. The summed E-state index contributed by atoms with van der Waals surface area (Å²) in [6.45, 7) is 3.77. The molecule has 1 aliphatic rings. The van der Waals surface area contributed by atoms with E-state index in [9.17, 15) is 18.0 Å². The summed E-state index contributed by atoms with van der Waals surface area (Å²) in [7, 11) is -2.52. The lowest BCUT2D eigenvalue weighted by atomic mass is 10.2. The first-order valence-electron chi connectivity index (χ1n) is 10.6. The van der Waals surface area contributed by atoms with Crippen LogP contribution < -0.4 is 14.4 Å². The molecule has 0 fully saturated rings. The van der Waals surface area contributed by atoms with E-state index in [1.165, 1.54) is 29.6 Å². The lowest BCUT2D eigenvalue weighted by Crippen LogP contribution is -2.36. The number of benzene rings is 2. The molecule has 1 N–H and O–H groups in total. The van der Waals surface area contributed by atoms with Crippen LogP contribution in [0.1, 0.15) is 42.6 Å². The normalized spacial score (nSPS) is 13.1. The van der Waals surface area contributed by atoms with E-state index in [-0.39, 0.29) is 22.3 Å². The third kappa shape index (κ3) is 4.88. The number of methoxy groups -OCH3 is 1. The minimum absolute atomic E-state index is 0.00699. The Bertz CT molecular complexity index is 1100. The number of rotatable bonds is 9. The maximum atomic E-state index is 13.3. The smallest absolute Gasteiger partial charge is 0.342 e. The molecule has 9 heteroatoms. The van der Waals surface area contributed by atoms with Crippen molar-refractivity contribution < 1.29 is 27.5 Å². The molecule has 3 rings (SSSR count). The van der Waals surface area contributed by atoms with Gasteiger partial charge in [-0.3, -0.25) is 9.10 Å². The number of nitrogens with one attached hydrogen (secondary N) is 1. The molecule has 0 aliphatic carbocycles. The minimum Gasteiger partial charge on any atom is -0.496 e. The number of nitrogens with zero attached hydrogens (tertiary/aromatic N) is 1. The number of amides is 1. The summed E-state index contributed by atoms with van der Waals surface area (Å²) < 4.78 is 38.3. The Labute approximate surface area is 188 Å². The number of carbonyl (C=O) groups excluding carboxylic acids is 2. The molecular formula is C23H28N2O6S. The maximum absolute atomic E-state index is 13.3. The highest BCUT2D eigenvalue weighted by atomic mass is 32.2. The Morgan fingerprint density at radius 2 is 1.84 bits per heavy atom. The molecule has 0 spiro atoms.